The molecule has 4 heteroatoms. The summed E-state index contributed by atoms with van der Waals surface area (Å²) >= 11 is 5.95. The number of hydrogen-bond acceptors (Lipinski definition) is 1. The van der Waals surface area contributed by atoms with Crippen molar-refractivity contribution in [2.75, 3.05) is 0 Å². The summed E-state index contributed by atoms with van der Waals surface area (Å²) in [5.41, 5.74) is 3.73. The van der Waals surface area contributed by atoms with Crippen LogP contribution in [0, 0.1) is 6.92 Å². The molecule has 0 aliphatic rings. The number of aryl methyl sites for hydroxylation is 1. The first kappa shape index (κ1) is 13.7. The third-order valence-electron chi connectivity index (χ3n) is 3.53. The van der Waals surface area contributed by atoms with Crippen LogP contribution in [0.15, 0.2) is 48.5 Å². The number of aromatic amines is 1. The van der Waals surface area contributed by atoms with Crippen LogP contribution in [0.25, 0.3) is 10.9 Å². The second kappa shape index (κ2) is 5.62. The van der Waals surface area contributed by atoms with Crippen molar-refractivity contribution < 1.29 is 4.79 Å². The number of H-pyrrole nitrogens is 1. The van der Waals surface area contributed by atoms with Gasteiger partial charge in [-0.15, -0.1) is 0 Å². The number of benzene rings is 2. The molecule has 0 saturated carbocycles. The van der Waals surface area contributed by atoms with E-state index in [1.54, 1.807) is 6.07 Å². The maximum atomic E-state index is 12.2. The molecule has 3 nitrogen and oxygen atoms in total. The molecule has 1 heterocycles. The summed E-state index contributed by atoms with van der Waals surface area (Å²) in [5.74, 6) is -0.120. The lowest BCUT2D eigenvalue weighted by molar-refractivity contribution is 0.0946. The van der Waals surface area contributed by atoms with E-state index in [2.05, 4.69) is 10.3 Å². The number of fused-ring (bicyclic) bond motifs is 1. The first-order chi connectivity index (χ1) is 10.1. The fourth-order valence-electron chi connectivity index (χ4n) is 2.30. The first-order valence-electron chi connectivity index (χ1n) is 6.74. The molecule has 2 aromatic carbocycles. The Morgan fingerprint density at radius 2 is 2.00 bits per heavy atom. The second-order valence-electron chi connectivity index (χ2n) is 5.02. The van der Waals surface area contributed by atoms with Gasteiger partial charge in [0.1, 0.15) is 5.69 Å². The number of hydrogen-bond donors (Lipinski definition) is 2. The largest absolute Gasteiger partial charge is 0.351 e. The number of amides is 1. The molecule has 0 bridgehead atoms. The molecular formula is C17H15ClN2O. The summed E-state index contributed by atoms with van der Waals surface area (Å²) in [4.78, 5) is 15.3. The van der Waals surface area contributed by atoms with Crippen LogP contribution in [-0.4, -0.2) is 10.9 Å². The van der Waals surface area contributed by atoms with Gasteiger partial charge < -0.3 is 10.3 Å². The maximum absolute atomic E-state index is 12.2. The van der Waals surface area contributed by atoms with Crippen molar-refractivity contribution in [1.29, 1.82) is 0 Å². The quantitative estimate of drug-likeness (QED) is 0.752. The summed E-state index contributed by atoms with van der Waals surface area (Å²) in [6.07, 6.45) is 0. The van der Waals surface area contributed by atoms with Crippen molar-refractivity contribution >= 4 is 28.4 Å². The number of nitrogens with one attached hydrogen (secondary N) is 2. The van der Waals surface area contributed by atoms with E-state index >= 15 is 0 Å². The van der Waals surface area contributed by atoms with Crippen LogP contribution < -0.4 is 5.32 Å². The van der Waals surface area contributed by atoms with E-state index in [1.807, 2.05) is 49.4 Å². The molecule has 3 rings (SSSR count). The van der Waals surface area contributed by atoms with Crippen LogP contribution in [0.3, 0.4) is 0 Å². The zero-order chi connectivity index (χ0) is 14.8. The van der Waals surface area contributed by atoms with Gasteiger partial charge in [0.15, 0.2) is 0 Å². The molecule has 2 N–H and O–H groups in total. The predicted octanol–water partition coefficient (Wildman–Crippen LogP) is 4.06. The predicted molar refractivity (Wildman–Crippen MR) is 85.7 cm³/mol. The number of aromatic nitrogens is 1. The fraction of sp³-hybridized carbons (Fsp3) is 0.118. The molecule has 1 amide bonds. The average molecular weight is 299 g/mol. The van der Waals surface area contributed by atoms with Gasteiger partial charge in [0.25, 0.3) is 5.91 Å². The van der Waals surface area contributed by atoms with Crippen molar-refractivity contribution in [2.24, 2.45) is 0 Å². The Hall–Kier alpha value is -2.26. The lowest BCUT2D eigenvalue weighted by atomic mass is 10.1. The smallest absolute Gasteiger partial charge is 0.267 e. The van der Waals surface area contributed by atoms with Crippen LogP contribution in [0.5, 0.6) is 0 Å². The molecule has 0 aliphatic carbocycles. The molecule has 0 unspecified atom stereocenters. The highest BCUT2D eigenvalue weighted by Gasteiger charge is 2.09. The average Bonchev–Trinajstić information content (AvgIpc) is 2.89. The van der Waals surface area contributed by atoms with Gasteiger partial charge in [0, 0.05) is 22.5 Å². The van der Waals surface area contributed by atoms with E-state index in [9.17, 15) is 4.79 Å². The summed E-state index contributed by atoms with van der Waals surface area (Å²) < 4.78 is 0. The van der Waals surface area contributed by atoms with Crippen LogP contribution in [0.2, 0.25) is 5.02 Å². The normalized spacial score (nSPS) is 10.8. The zero-order valence-electron chi connectivity index (χ0n) is 11.6. The highest BCUT2D eigenvalue weighted by atomic mass is 35.5. The number of carbonyl (C=O) groups excluding carboxylic acids is 1. The van der Waals surface area contributed by atoms with Crippen molar-refractivity contribution in [3.8, 4) is 0 Å². The molecule has 21 heavy (non-hydrogen) atoms. The molecule has 0 fully saturated rings. The minimum Gasteiger partial charge on any atom is -0.351 e. The molecular weight excluding hydrogens is 284 g/mol. The van der Waals surface area contributed by atoms with Gasteiger partial charge in [0.2, 0.25) is 0 Å². The van der Waals surface area contributed by atoms with Gasteiger partial charge in [-0.2, -0.15) is 0 Å². The lowest BCUT2D eigenvalue weighted by Crippen LogP contribution is -2.23. The zero-order valence-corrected chi connectivity index (χ0v) is 12.4. The Balaban J connectivity index is 1.76. The highest BCUT2D eigenvalue weighted by molar-refractivity contribution is 6.31. The minimum atomic E-state index is -0.120. The minimum absolute atomic E-state index is 0.120. The fourth-order valence-corrected chi connectivity index (χ4v) is 2.49. The Morgan fingerprint density at radius 3 is 2.81 bits per heavy atom. The molecule has 106 valence electrons. The number of carbonyl (C=O) groups is 1. The third-order valence-corrected chi connectivity index (χ3v) is 3.76. The van der Waals surface area contributed by atoms with E-state index in [0.29, 0.717) is 17.3 Å². The van der Waals surface area contributed by atoms with Crippen LogP contribution in [0.4, 0.5) is 0 Å². The van der Waals surface area contributed by atoms with E-state index < -0.39 is 0 Å². The van der Waals surface area contributed by atoms with Gasteiger partial charge in [-0.1, -0.05) is 35.9 Å². The molecule has 0 aliphatic heterocycles. The summed E-state index contributed by atoms with van der Waals surface area (Å²) in [5, 5.41) is 4.52. The van der Waals surface area contributed by atoms with Gasteiger partial charge in [-0.25, -0.2) is 0 Å². The SMILES string of the molecule is Cc1ccccc1CNC(=O)c1cc2cc(Cl)ccc2[nH]1. The van der Waals surface area contributed by atoms with Crippen molar-refractivity contribution in [3.05, 3.63) is 70.4 Å². The number of halogens is 1. The van der Waals surface area contributed by atoms with Gasteiger partial charge in [-0.3, -0.25) is 4.79 Å². The van der Waals surface area contributed by atoms with Crippen LogP contribution >= 0.6 is 11.6 Å². The summed E-state index contributed by atoms with van der Waals surface area (Å²) in [6.45, 7) is 2.55. The van der Waals surface area contributed by atoms with Crippen molar-refractivity contribution in [1.82, 2.24) is 10.3 Å². The van der Waals surface area contributed by atoms with E-state index in [-0.39, 0.29) is 5.91 Å². The van der Waals surface area contributed by atoms with Gasteiger partial charge in [0.05, 0.1) is 0 Å². The van der Waals surface area contributed by atoms with Crippen LogP contribution in [0.1, 0.15) is 21.6 Å². The monoisotopic (exact) mass is 298 g/mol. The Labute approximate surface area is 127 Å². The van der Waals surface area contributed by atoms with Gasteiger partial charge >= 0.3 is 0 Å². The Morgan fingerprint density at radius 1 is 1.19 bits per heavy atom. The highest BCUT2D eigenvalue weighted by Crippen LogP contribution is 2.20. The lowest BCUT2D eigenvalue weighted by Gasteiger charge is -2.06. The molecule has 3 aromatic rings. The third kappa shape index (κ3) is 2.93. The molecule has 1 aromatic heterocycles. The summed E-state index contributed by atoms with van der Waals surface area (Å²) in [7, 11) is 0. The van der Waals surface area contributed by atoms with Crippen molar-refractivity contribution in [2.45, 2.75) is 13.5 Å². The first-order valence-corrected chi connectivity index (χ1v) is 7.12. The van der Waals surface area contributed by atoms with E-state index in [1.165, 1.54) is 5.56 Å². The molecule has 0 spiro atoms. The van der Waals surface area contributed by atoms with E-state index in [0.717, 1.165) is 16.5 Å². The molecule has 0 saturated heterocycles. The molecule has 0 radical (unpaired) electrons. The topological polar surface area (TPSA) is 44.9 Å². The van der Waals surface area contributed by atoms with E-state index in [4.69, 9.17) is 11.6 Å². The standard InChI is InChI=1S/C17H15ClN2O/c1-11-4-2-3-5-12(11)10-19-17(21)16-9-13-8-14(18)6-7-15(13)20-16/h2-9,20H,10H2,1H3,(H,19,21). The second-order valence-corrected chi connectivity index (χ2v) is 5.46. The maximum Gasteiger partial charge on any atom is 0.267 e. The summed E-state index contributed by atoms with van der Waals surface area (Å²) in [6, 6.07) is 15.3. The Kier molecular flexibility index (Phi) is 3.67. The van der Waals surface area contributed by atoms with Gasteiger partial charge in [-0.05, 0) is 42.3 Å². The van der Waals surface area contributed by atoms with Crippen molar-refractivity contribution in [3.63, 3.8) is 0 Å². The Bertz CT molecular complexity index is 807. The number of rotatable bonds is 3. The van der Waals surface area contributed by atoms with Crippen LogP contribution in [-0.2, 0) is 6.54 Å². The molecule has 0 atom stereocenters.